The lowest BCUT2D eigenvalue weighted by Gasteiger charge is -2.19. The van der Waals surface area contributed by atoms with Gasteiger partial charge < -0.3 is 4.90 Å². The molecule has 0 saturated heterocycles. The Hall–Kier alpha value is -2.53. The molecular weight excluding hydrogens is 306 g/mol. The topological polar surface area (TPSA) is 46.1 Å². The highest BCUT2D eigenvalue weighted by molar-refractivity contribution is 7.13. The number of amides is 1. The standard InChI is InChI=1S/C18H17N3OS/c1-2-21(12-14-8-4-3-5-9-14)18(22)16-13-23-17(20-16)15-10-6-7-11-19-15/h3-11,13H,2,12H2,1H3. The predicted octanol–water partition coefficient (Wildman–Crippen LogP) is 3.87. The molecule has 0 aliphatic rings. The second-order valence-corrected chi connectivity index (χ2v) is 5.92. The molecule has 1 amide bonds. The molecule has 0 radical (unpaired) electrons. The van der Waals surface area contributed by atoms with E-state index >= 15 is 0 Å². The van der Waals surface area contributed by atoms with Crippen LogP contribution in [0.2, 0.25) is 0 Å². The highest BCUT2D eigenvalue weighted by Gasteiger charge is 2.18. The van der Waals surface area contributed by atoms with E-state index < -0.39 is 0 Å². The molecule has 3 rings (SSSR count). The Labute approximate surface area is 139 Å². The number of pyridine rings is 1. The number of carbonyl (C=O) groups excluding carboxylic acids is 1. The Balaban J connectivity index is 1.78. The summed E-state index contributed by atoms with van der Waals surface area (Å²) in [7, 11) is 0. The van der Waals surface area contributed by atoms with Gasteiger partial charge in [-0.3, -0.25) is 9.78 Å². The molecule has 5 heteroatoms. The van der Waals surface area contributed by atoms with Crippen molar-refractivity contribution in [2.75, 3.05) is 6.54 Å². The lowest BCUT2D eigenvalue weighted by molar-refractivity contribution is 0.0747. The summed E-state index contributed by atoms with van der Waals surface area (Å²) in [6.07, 6.45) is 1.73. The molecule has 0 bridgehead atoms. The molecule has 2 aromatic heterocycles. The second-order valence-electron chi connectivity index (χ2n) is 5.06. The third kappa shape index (κ3) is 3.63. The van der Waals surface area contributed by atoms with Gasteiger partial charge in [0.15, 0.2) is 0 Å². The fourth-order valence-corrected chi connectivity index (χ4v) is 3.04. The minimum atomic E-state index is -0.0465. The lowest BCUT2D eigenvalue weighted by Crippen LogP contribution is -2.30. The SMILES string of the molecule is CCN(Cc1ccccc1)C(=O)c1csc(-c2ccccn2)n1. The van der Waals surface area contributed by atoms with Crippen LogP contribution in [0.5, 0.6) is 0 Å². The van der Waals surface area contributed by atoms with E-state index in [0.29, 0.717) is 18.8 Å². The summed E-state index contributed by atoms with van der Waals surface area (Å²) in [6.45, 7) is 3.21. The quantitative estimate of drug-likeness (QED) is 0.716. The summed E-state index contributed by atoms with van der Waals surface area (Å²) < 4.78 is 0. The van der Waals surface area contributed by atoms with Gasteiger partial charge in [0.05, 0.1) is 5.69 Å². The maximum absolute atomic E-state index is 12.7. The molecule has 2 heterocycles. The van der Waals surface area contributed by atoms with E-state index in [-0.39, 0.29) is 5.91 Å². The Kier molecular flexibility index (Phi) is 4.78. The van der Waals surface area contributed by atoms with Crippen molar-refractivity contribution in [3.8, 4) is 10.7 Å². The number of benzene rings is 1. The van der Waals surface area contributed by atoms with Gasteiger partial charge in [0.2, 0.25) is 0 Å². The van der Waals surface area contributed by atoms with Crippen LogP contribution in [0, 0.1) is 0 Å². The summed E-state index contributed by atoms with van der Waals surface area (Å²) in [5.74, 6) is -0.0465. The molecule has 0 aliphatic heterocycles. The van der Waals surface area contributed by atoms with E-state index in [2.05, 4.69) is 9.97 Å². The Bertz CT molecular complexity index is 771. The van der Waals surface area contributed by atoms with Gasteiger partial charge in [0, 0.05) is 24.7 Å². The van der Waals surface area contributed by atoms with Crippen molar-refractivity contribution in [1.29, 1.82) is 0 Å². The van der Waals surface area contributed by atoms with Crippen LogP contribution >= 0.6 is 11.3 Å². The number of hydrogen-bond donors (Lipinski definition) is 0. The van der Waals surface area contributed by atoms with E-state index in [1.165, 1.54) is 11.3 Å². The predicted molar refractivity (Wildman–Crippen MR) is 92.2 cm³/mol. The number of nitrogens with zero attached hydrogens (tertiary/aromatic N) is 3. The molecule has 0 saturated carbocycles. The van der Waals surface area contributed by atoms with Gasteiger partial charge in [0.1, 0.15) is 10.7 Å². The van der Waals surface area contributed by atoms with Gasteiger partial charge in [-0.05, 0) is 24.6 Å². The molecule has 23 heavy (non-hydrogen) atoms. The van der Waals surface area contributed by atoms with Crippen LogP contribution in [0.15, 0.2) is 60.1 Å². The minimum Gasteiger partial charge on any atom is -0.333 e. The van der Waals surface area contributed by atoms with Crippen molar-refractivity contribution in [2.24, 2.45) is 0 Å². The lowest BCUT2D eigenvalue weighted by atomic mass is 10.2. The van der Waals surface area contributed by atoms with Crippen LogP contribution in [-0.2, 0) is 6.54 Å². The number of hydrogen-bond acceptors (Lipinski definition) is 4. The van der Waals surface area contributed by atoms with Gasteiger partial charge in [-0.2, -0.15) is 0 Å². The summed E-state index contributed by atoms with van der Waals surface area (Å²) in [6, 6.07) is 15.7. The van der Waals surface area contributed by atoms with Gasteiger partial charge >= 0.3 is 0 Å². The number of carbonyl (C=O) groups is 1. The van der Waals surface area contributed by atoms with Crippen LogP contribution in [0.25, 0.3) is 10.7 Å². The van der Waals surface area contributed by atoms with E-state index in [0.717, 1.165) is 16.3 Å². The maximum Gasteiger partial charge on any atom is 0.273 e. The first-order valence-electron chi connectivity index (χ1n) is 7.48. The van der Waals surface area contributed by atoms with Gasteiger partial charge in [-0.15, -0.1) is 11.3 Å². The van der Waals surface area contributed by atoms with Crippen molar-refractivity contribution in [1.82, 2.24) is 14.9 Å². The van der Waals surface area contributed by atoms with Crippen LogP contribution < -0.4 is 0 Å². The zero-order valence-electron chi connectivity index (χ0n) is 12.8. The molecule has 3 aromatic rings. The summed E-state index contributed by atoms with van der Waals surface area (Å²) in [5, 5.41) is 2.57. The first-order valence-corrected chi connectivity index (χ1v) is 8.36. The third-order valence-corrected chi connectivity index (χ3v) is 4.36. The third-order valence-electron chi connectivity index (χ3n) is 3.49. The second kappa shape index (κ2) is 7.15. The van der Waals surface area contributed by atoms with E-state index in [9.17, 15) is 4.79 Å². The summed E-state index contributed by atoms with van der Waals surface area (Å²) in [5.41, 5.74) is 2.39. The Morgan fingerprint density at radius 2 is 1.91 bits per heavy atom. The van der Waals surface area contributed by atoms with Crippen LogP contribution in [-0.4, -0.2) is 27.3 Å². The number of rotatable bonds is 5. The Morgan fingerprint density at radius 3 is 2.61 bits per heavy atom. The van der Waals surface area contributed by atoms with Gasteiger partial charge in [0.25, 0.3) is 5.91 Å². The summed E-state index contributed by atoms with van der Waals surface area (Å²) in [4.78, 5) is 23.2. The van der Waals surface area contributed by atoms with Crippen molar-refractivity contribution >= 4 is 17.2 Å². The highest BCUT2D eigenvalue weighted by atomic mass is 32.1. The molecule has 0 atom stereocenters. The molecule has 116 valence electrons. The molecule has 0 aliphatic carbocycles. The molecule has 0 fully saturated rings. The minimum absolute atomic E-state index is 0.0465. The zero-order chi connectivity index (χ0) is 16.1. The molecular formula is C18H17N3OS. The van der Waals surface area contributed by atoms with E-state index in [1.807, 2.05) is 55.5 Å². The fraction of sp³-hybridized carbons (Fsp3) is 0.167. The molecule has 4 nitrogen and oxygen atoms in total. The average molecular weight is 323 g/mol. The molecule has 0 spiro atoms. The van der Waals surface area contributed by atoms with Crippen molar-refractivity contribution in [2.45, 2.75) is 13.5 Å². The molecule has 0 N–H and O–H groups in total. The monoisotopic (exact) mass is 323 g/mol. The number of thiazole rings is 1. The first-order chi connectivity index (χ1) is 11.3. The average Bonchev–Trinajstić information content (AvgIpc) is 3.11. The van der Waals surface area contributed by atoms with Crippen molar-refractivity contribution < 1.29 is 4.79 Å². The van der Waals surface area contributed by atoms with E-state index in [4.69, 9.17) is 0 Å². The molecule has 0 unspecified atom stereocenters. The van der Waals surface area contributed by atoms with Crippen molar-refractivity contribution in [3.63, 3.8) is 0 Å². The van der Waals surface area contributed by atoms with Gasteiger partial charge in [-0.1, -0.05) is 36.4 Å². The van der Waals surface area contributed by atoms with Crippen LogP contribution in [0.4, 0.5) is 0 Å². The zero-order valence-corrected chi connectivity index (χ0v) is 13.7. The van der Waals surface area contributed by atoms with Crippen molar-refractivity contribution in [3.05, 3.63) is 71.4 Å². The Morgan fingerprint density at radius 1 is 1.13 bits per heavy atom. The summed E-state index contributed by atoms with van der Waals surface area (Å²) >= 11 is 1.44. The fourth-order valence-electron chi connectivity index (χ4n) is 2.27. The van der Waals surface area contributed by atoms with Gasteiger partial charge in [-0.25, -0.2) is 4.98 Å². The van der Waals surface area contributed by atoms with E-state index in [1.54, 1.807) is 16.5 Å². The number of aromatic nitrogens is 2. The van der Waals surface area contributed by atoms with Crippen LogP contribution in [0.3, 0.4) is 0 Å². The largest absolute Gasteiger partial charge is 0.333 e. The maximum atomic E-state index is 12.7. The van der Waals surface area contributed by atoms with Crippen LogP contribution in [0.1, 0.15) is 23.0 Å². The molecule has 1 aromatic carbocycles. The normalized spacial score (nSPS) is 10.5. The highest BCUT2D eigenvalue weighted by Crippen LogP contribution is 2.22. The first kappa shape index (κ1) is 15.4. The smallest absolute Gasteiger partial charge is 0.273 e.